The monoisotopic (exact) mass is 390 g/mol. The van der Waals surface area contributed by atoms with E-state index in [1.807, 2.05) is 57.6 Å². The summed E-state index contributed by atoms with van der Waals surface area (Å²) in [5, 5.41) is 0. The zero-order valence-electron chi connectivity index (χ0n) is 17.8. The molecule has 0 bridgehead atoms. The van der Waals surface area contributed by atoms with Crippen molar-refractivity contribution in [2.45, 2.75) is 59.1 Å². The highest BCUT2D eigenvalue weighted by Crippen LogP contribution is 2.26. The van der Waals surface area contributed by atoms with Crippen LogP contribution in [0, 0.1) is 0 Å². The molecule has 0 saturated heterocycles. The van der Waals surface area contributed by atoms with E-state index in [9.17, 15) is 4.79 Å². The SMILES string of the molecule is CCCCn1cncc1Cc1ccc(-c2ccccc2C(=O)OC(C)(C)C)cc1. The van der Waals surface area contributed by atoms with Gasteiger partial charge in [-0.1, -0.05) is 55.8 Å². The molecule has 3 rings (SSSR count). The van der Waals surface area contributed by atoms with E-state index in [-0.39, 0.29) is 5.97 Å². The number of aryl methyl sites for hydroxylation is 1. The number of hydrogen-bond donors (Lipinski definition) is 0. The van der Waals surface area contributed by atoms with Crippen molar-refractivity contribution < 1.29 is 9.53 Å². The predicted molar refractivity (Wildman–Crippen MR) is 117 cm³/mol. The summed E-state index contributed by atoms with van der Waals surface area (Å²) in [6, 6.07) is 16.0. The lowest BCUT2D eigenvalue weighted by Gasteiger charge is -2.20. The van der Waals surface area contributed by atoms with Gasteiger partial charge in [-0.05, 0) is 49.9 Å². The maximum atomic E-state index is 12.6. The number of rotatable bonds is 7. The standard InChI is InChI=1S/C25H30N2O2/c1-5-6-15-27-18-26-17-21(27)16-19-11-13-20(14-12-19)22-9-7-8-10-23(22)24(28)29-25(2,3)4/h7-14,17-18H,5-6,15-16H2,1-4H3. The van der Waals surface area contributed by atoms with Gasteiger partial charge in [-0.15, -0.1) is 0 Å². The fourth-order valence-corrected chi connectivity index (χ4v) is 3.28. The molecule has 4 nitrogen and oxygen atoms in total. The summed E-state index contributed by atoms with van der Waals surface area (Å²) in [7, 11) is 0. The first-order chi connectivity index (χ1) is 13.9. The van der Waals surface area contributed by atoms with E-state index < -0.39 is 5.60 Å². The summed E-state index contributed by atoms with van der Waals surface area (Å²) in [5.41, 5.74) is 4.42. The minimum atomic E-state index is -0.519. The molecule has 3 aromatic rings. The van der Waals surface area contributed by atoms with Gasteiger partial charge in [0.2, 0.25) is 0 Å². The second kappa shape index (κ2) is 9.08. The summed E-state index contributed by atoms with van der Waals surface area (Å²) >= 11 is 0. The summed E-state index contributed by atoms with van der Waals surface area (Å²) in [4.78, 5) is 16.9. The third kappa shape index (κ3) is 5.57. The Bertz CT molecular complexity index is 949. The highest BCUT2D eigenvalue weighted by atomic mass is 16.6. The van der Waals surface area contributed by atoms with Gasteiger partial charge in [0, 0.05) is 24.9 Å². The summed E-state index contributed by atoms with van der Waals surface area (Å²) in [5.74, 6) is -0.294. The Morgan fingerprint density at radius 3 is 2.48 bits per heavy atom. The second-order valence-electron chi connectivity index (χ2n) is 8.35. The Morgan fingerprint density at radius 2 is 1.79 bits per heavy atom. The van der Waals surface area contributed by atoms with Crippen molar-refractivity contribution in [1.29, 1.82) is 0 Å². The normalized spacial score (nSPS) is 11.4. The molecule has 29 heavy (non-hydrogen) atoms. The van der Waals surface area contributed by atoms with Crippen LogP contribution in [-0.2, 0) is 17.7 Å². The number of ether oxygens (including phenoxy) is 1. The van der Waals surface area contributed by atoms with Crippen LogP contribution in [0.25, 0.3) is 11.1 Å². The molecule has 2 aromatic carbocycles. The van der Waals surface area contributed by atoms with Crippen molar-refractivity contribution in [2.75, 3.05) is 0 Å². The summed E-state index contributed by atoms with van der Waals surface area (Å²) in [6.45, 7) is 8.85. The lowest BCUT2D eigenvalue weighted by molar-refractivity contribution is 0.00704. The van der Waals surface area contributed by atoms with Gasteiger partial charge in [0.05, 0.1) is 11.9 Å². The fourth-order valence-electron chi connectivity index (χ4n) is 3.28. The third-order valence-electron chi connectivity index (χ3n) is 4.75. The largest absolute Gasteiger partial charge is 0.456 e. The first kappa shape index (κ1) is 20.8. The van der Waals surface area contributed by atoms with E-state index in [0.29, 0.717) is 5.56 Å². The van der Waals surface area contributed by atoms with Crippen LogP contribution in [0.1, 0.15) is 62.2 Å². The maximum absolute atomic E-state index is 12.6. The molecule has 0 aliphatic rings. The van der Waals surface area contributed by atoms with Gasteiger partial charge in [-0.3, -0.25) is 0 Å². The molecule has 1 heterocycles. The summed E-state index contributed by atoms with van der Waals surface area (Å²) in [6.07, 6.45) is 7.03. The van der Waals surface area contributed by atoms with Gasteiger partial charge < -0.3 is 9.30 Å². The Kier molecular flexibility index (Phi) is 6.53. The topological polar surface area (TPSA) is 44.1 Å². The molecular weight excluding hydrogens is 360 g/mol. The number of imidazole rings is 1. The van der Waals surface area contributed by atoms with Gasteiger partial charge in [0.25, 0.3) is 0 Å². The van der Waals surface area contributed by atoms with Crippen molar-refractivity contribution in [3.63, 3.8) is 0 Å². The van der Waals surface area contributed by atoms with E-state index in [1.165, 1.54) is 17.7 Å². The number of nitrogens with zero attached hydrogens (tertiary/aromatic N) is 2. The van der Waals surface area contributed by atoms with Crippen molar-refractivity contribution in [1.82, 2.24) is 9.55 Å². The molecule has 0 radical (unpaired) electrons. The molecule has 0 atom stereocenters. The molecule has 0 saturated carbocycles. The quantitative estimate of drug-likeness (QED) is 0.472. The predicted octanol–water partition coefficient (Wildman–Crippen LogP) is 5.90. The van der Waals surface area contributed by atoms with Gasteiger partial charge in [-0.2, -0.15) is 0 Å². The third-order valence-corrected chi connectivity index (χ3v) is 4.75. The van der Waals surface area contributed by atoms with Gasteiger partial charge in [-0.25, -0.2) is 9.78 Å². The van der Waals surface area contributed by atoms with Gasteiger partial charge >= 0.3 is 5.97 Å². The number of esters is 1. The van der Waals surface area contributed by atoms with Crippen LogP contribution in [-0.4, -0.2) is 21.1 Å². The molecule has 1 aromatic heterocycles. The Morgan fingerprint density at radius 1 is 1.07 bits per heavy atom. The van der Waals surface area contributed by atoms with Gasteiger partial charge in [0.15, 0.2) is 0 Å². The maximum Gasteiger partial charge on any atom is 0.339 e. The number of unbranched alkanes of at least 4 members (excludes halogenated alkanes) is 1. The van der Waals surface area contributed by atoms with Crippen LogP contribution in [0.15, 0.2) is 61.1 Å². The van der Waals surface area contributed by atoms with E-state index in [2.05, 4.69) is 40.7 Å². The van der Waals surface area contributed by atoms with E-state index in [0.717, 1.165) is 30.5 Å². The molecule has 4 heteroatoms. The highest BCUT2D eigenvalue weighted by Gasteiger charge is 2.20. The summed E-state index contributed by atoms with van der Waals surface area (Å²) < 4.78 is 7.81. The fraction of sp³-hybridized carbons (Fsp3) is 0.360. The zero-order chi connectivity index (χ0) is 20.9. The Labute approximate surface area is 173 Å². The number of benzene rings is 2. The minimum Gasteiger partial charge on any atom is -0.456 e. The first-order valence-electron chi connectivity index (χ1n) is 10.3. The van der Waals surface area contributed by atoms with Crippen LogP contribution in [0.2, 0.25) is 0 Å². The van der Waals surface area contributed by atoms with Crippen LogP contribution in [0.3, 0.4) is 0 Å². The first-order valence-corrected chi connectivity index (χ1v) is 10.3. The van der Waals surface area contributed by atoms with Crippen LogP contribution < -0.4 is 0 Å². The Balaban J connectivity index is 1.79. The molecule has 0 N–H and O–H groups in total. The molecule has 0 spiro atoms. The van der Waals surface area contributed by atoms with Gasteiger partial charge in [0.1, 0.15) is 5.60 Å². The van der Waals surface area contributed by atoms with Crippen LogP contribution in [0.4, 0.5) is 0 Å². The number of carbonyl (C=O) groups excluding carboxylic acids is 1. The smallest absolute Gasteiger partial charge is 0.339 e. The second-order valence-corrected chi connectivity index (χ2v) is 8.35. The van der Waals surface area contributed by atoms with Crippen LogP contribution in [0.5, 0.6) is 0 Å². The lowest BCUT2D eigenvalue weighted by atomic mass is 9.97. The molecular formula is C25H30N2O2. The molecule has 152 valence electrons. The van der Waals surface area contributed by atoms with E-state index in [1.54, 1.807) is 0 Å². The molecule has 0 amide bonds. The zero-order valence-corrected chi connectivity index (χ0v) is 17.8. The number of aromatic nitrogens is 2. The van der Waals surface area contributed by atoms with Crippen molar-refractivity contribution in [3.8, 4) is 11.1 Å². The van der Waals surface area contributed by atoms with E-state index >= 15 is 0 Å². The van der Waals surface area contributed by atoms with Crippen molar-refractivity contribution in [3.05, 3.63) is 77.9 Å². The minimum absolute atomic E-state index is 0.294. The lowest BCUT2D eigenvalue weighted by Crippen LogP contribution is -2.24. The van der Waals surface area contributed by atoms with E-state index in [4.69, 9.17) is 4.74 Å². The van der Waals surface area contributed by atoms with Crippen molar-refractivity contribution in [2.24, 2.45) is 0 Å². The molecule has 0 fully saturated rings. The molecule has 0 aliphatic carbocycles. The number of hydrogen-bond acceptors (Lipinski definition) is 3. The molecule has 0 aliphatic heterocycles. The highest BCUT2D eigenvalue weighted by molar-refractivity contribution is 5.97. The molecule has 0 unspecified atom stereocenters. The van der Waals surface area contributed by atoms with Crippen LogP contribution >= 0.6 is 0 Å². The van der Waals surface area contributed by atoms with Crippen molar-refractivity contribution >= 4 is 5.97 Å². The average molecular weight is 391 g/mol. The average Bonchev–Trinajstić information content (AvgIpc) is 3.12. The Hall–Kier alpha value is -2.88. The number of carbonyl (C=O) groups is 1.